The molecule has 0 aromatic carbocycles. The molecule has 0 aliphatic carbocycles. The topological polar surface area (TPSA) is 99.4 Å². The molecule has 15 heavy (non-hydrogen) atoms. The molecule has 0 amide bonds. The maximum Gasteiger partial charge on any atom is 1.00 e. The largest absolute Gasteiger partial charge is 1.00 e. The third-order valence-corrected chi connectivity index (χ3v) is 2.15. The Morgan fingerprint density at radius 1 is 1.40 bits per heavy atom. The summed E-state index contributed by atoms with van der Waals surface area (Å²) in [6.45, 7) is 1.52. The van der Waals surface area contributed by atoms with Gasteiger partial charge in [0.1, 0.15) is 24.4 Å². The molecule has 86 valence electrons. The summed E-state index contributed by atoms with van der Waals surface area (Å²) in [7, 11) is 0. The average Bonchev–Trinajstić information content (AvgIpc) is 2.46. The van der Waals surface area contributed by atoms with Crippen molar-refractivity contribution in [3.63, 3.8) is 0 Å². The van der Waals surface area contributed by atoms with E-state index in [2.05, 4.69) is 0 Å². The van der Waals surface area contributed by atoms with Gasteiger partial charge in [0, 0.05) is 6.61 Å². The minimum Gasteiger partial charge on any atom is -1.00 e. The Balaban J connectivity index is 0. The van der Waals surface area contributed by atoms with Gasteiger partial charge in [0.25, 0.3) is 0 Å². The van der Waals surface area contributed by atoms with Gasteiger partial charge in [-0.15, -0.1) is 0 Å². The number of hydrogen-bond acceptors (Lipinski definition) is 6. The van der Waals surface area contributed by atoms with Gasteiger partial charge in [0.2, 0.25) is 0 Å². The molecule has 6 nitrogen and oxygen atoms in total. The van der Waals surface area contributed by atoms with Gasteiger partial charge in [-0.25, -0.2) is 0 Å². The molecule has 0 aromatic rings. The zero-order valence-corrected chi connectivity index (χ0v) is 10.9. The molecule has 1 heterocycles. The Kier molecular flexibility index (Phi) is 7.52. The van der Waals surface area contributed by atoms with E-state index in [1.807, 2.05) is 0 Å². The van der Waals surface area contributed by atoms with E-state index >= 15 is 0 Å². The van der Waals surface area contributed by atoms with Gasteiger partial charge in [0.15, 0.2) is 6.29 Å². The van der Waals surface area contributed by atoms with E-state index in [1.54, 1.807) is 6.92 Å². The molecule has 7 heteroatoms. The van der Waals surface area contributed by atoms with Gasteiger partial charge in [0.05, 0.1) is 6.61 Å². The molecule has 1 aliphatic rings. The standard InChI is InChI=1S/C8H16O6.Na.H/c1-2-13-8-6(12)5(11)7(14-8)4(10)3-9;;/h4-12H,2-3H2,1H3;;/q;+1;-1/t4-,5-,6-,7+,8-;;/m1../s1. The summed E-state index contributed by atoms with van der Waals surface area (Å²) in [6.07, 6.45) is -5.60. The number of aliphatic hydroxyl groups excluding tert-OH is 4. The number of aliphatic hydroxyl groups is 4. The zero-order chi connectivity index (χ0) is 10.7. The second-order valence-corrected chi connectivity index (χ2v) is 3.16. The van der Waals surface area contributed by atoms with Gasteiger partial charge in [-0.1, -0.05) is 0 Å². The van der Waals surface area contributed by atoms with E-state index in [0.29, 0.717) is 6.61 Å². The van der Waals surface area contributed by atoms with Crippen LogP contribution in [0.5, 0.6) is 0 Å². The Bertz CT molecular complexity index is 184. The number of ether oxygens (including phenoxy) is 2. The van der Waals surface area contributed by atoms with Crippen molar-refractivity contribution in [1.82, 2.24) is 0 Å². The molecule has 1 rings (SSSR count). The molecule has 0 saturated carbocycles. The fourth-order valence-corrected chi connectivity index (χ4v) is 1.40. The van der Waals surface area contributed by atoms with E-state index in [0.717, 1.165) is 0 Å². The van der Waals surface area contributed by atoms with Crippen LogP contribution in [-0.4, -0.2) is 64.3 Å². The van der Waals surface area contributed by atoms with E-state index in [-0.39, 0.29) is 31.0 Å². The van der Waals surface area contributed by atoms with Crippen molar-refractivity contribution in [3.8, 4) is 0 Å². The summed E-state index contributed by atoms with van der Waals surface area (Å²) in [5.74, 6) is 0. The molecule has 5 atom stereocenters. The number of hydrogen-bond donors (Lipinski definition) is 4. The first-order valence-corrected chi connectivity index (χ1v) is 4.54. The van der Waals surface area contributed by atoms with Crippen LogP contribution in [0.1, 0.15) is 8.35 Å². The van der Waals surface area contributed by atoms with Crippen LogP contribution in [0.15, 0.2) is 0 Å². The molecule has 1 aliphatic heterocycles. The minimum absolute atomic E-state index is 0. The maximum atomic E-state index is 9.43. The minimum atomic E-state index is -1.24. The molecular formula is C8H17NaO6. The van der Waals surface area contributed by atoms with E-state index in [4.69, 9.17) is 14.6 Å². The molecule has 1 saturated heterocycles. The smallest absolute Gasteiger partial charge is 1.00 e. The van der Waals surface area contributed by atoms with Gasteiger partial charge >= 0.3 is 29.6 Å². The molecule has 0 aromatic heterocycles. The Labute approximate surface area is 112 Å². The van der Waals surface area contributed by atoms with Gasteiger partial charge in [-0.05, 0) is 6.92 Å². The molecule has 0 spiro atoms. The van der Waals surface area contributed by atoms with Crippen LogP contribution in [0.4, 0.5) is 0 Å². The summed E-state index contributed by atoms with van der Waals surface area (Å²) in [5, 5.41) is 36.7. The van der Waals surface area contributed by atoms with Crippen LogP contribution in [0.25, 0.3) is 0 Å². The van der Waals surface area contributed by atoms with Crippen molar-refractivity contribution in [1.29, 1.82) is 0 Å². The average molecular weight is 232 g/mol. The number of rotatable bonds is 4. The van der Waals surface area contributed by atoms with Crippen LogP contribution < -0.4 is 29.6 Å². The fraction of sp³-hybridized carbons (Fsp3) is 1.00. The first kappa shape index (κ1) is 15.8. The third kappa shape index (κ3) is 3.62. The van der Waals surface area contributed by atoms with Crippen molar-refractivity contribution >= 4 is 0 Å². The van der Waals surface area contributed by atoms with Crippen LogP contribution in [0, 0.1) is 0 Å². The monoisotopic (exact) mass is 232 g/mol. The summed E-state index contributed by atoms with van der Waals surface area (Å²) in [5.41, 5.74) is 0. The molecule has 4 N–H and O–H groups in total. The molecular weight excluding hydrogens is 215 g/mol. The van der Waals surface area contributed by atoms with Crippen molar-refractivity contribution in [2.45, 2.75) is 37.6 Å². The van der Waals surface area contributed by atoms with E-state index in [1.165, 1.54) is 0 Å². The summed E-state index contributed by atoms with van der Waals surface area (Å²) in [6, 6.07) is 0. The maximum absolute atomic E-state index is 9.43. The fourth-order valence-electron chi connectivity index (χ4n) is 1.40. The molecule has 0 bridgehead atoms. The summed E-state index contributed by atoms with van der Waals surface area (Å²) in [4.78, 5) is 0. The summed E-state index contributed by atoms with van der Waals surface area (Å²) < 4.78 is 10.0. The van der Waals surface area contributed by atoms with Crippen molar-refractivity contribution in [2.24, 2.45) is 0 Å². The Hall–Kier alpha value is 0.760. The van der Waals surface area contributed by atoms with Crippen molar-refractivity contribution in [2.75, 3.05) is 13.2 Å². The molecule has 1 fully saturated rings. The Morgan fingerprint density at radius 3 is 2.47 bits per heavy atom. The van der Waals surface area contributed by atoms with Gasteiger partial charge in [-0.3, -0.25) is 0 Å². The van der Waals surface area contributed by atoms with Gasteiger partial charge in [-0.2, -0.15) is 0 Å². The third-order valence-electron chi connectivity index (χ3n) is 2.15. The van der Waals surface area contributed by atoms with Crippen LogP contribution in [0.3, 0.4) is 0 Å². The predicted molar refractivity (Wildman–Crippen MR) is 46.5 cm³/mol. The van der Waals surface area contributed by atoms with Crippen molar-refractivity contribution in [3.05, 3.63) is 0 Å². The Morgan fingerprint density at radius 2 is 2.00 bits per heavy atom. The quantitative estimate of drug-likeness (QED) is 0.362. The van der Waals surface area contributed by atoms with E-state index in [9.17, 15) is 15.3 Å². The van der Waals surface area contributed by atoms with Crippen LogP contribution >= 0.6 is 0 Å². The molecule has 0 unspecified atom stereocenters. The van der Waals surface area contributed by atoms with Crippen molar-refractivity contribution < 1.29 is 60.9 Å². The van der Waals surface area contributed by atoms with Gasteiger partial charge < -0.3 is 31.3 Å². The second-order valence-electron chi connectivity index (χ2n) is 3.16. The second kappa shape index (κ2) is 7.16. The summed E-state index contributed by atoms with van der Waals surface area (Å²) >= 11 is 0. The first-order chi connectivity index (χ1) is 6.61. The SMILES string of the molecule is CCO[C@@H]1O[C@@H]([C@H](O)CO)[C@H](O)[C@H]1O.[H-].[Na+]. The first-order valence-electron chi connectivity index (χ1n) is 4.54. The van der Waals surface area contributed by atoms with Crippen LogP contribution in [0.2, 0.25) is 0 Å². The zero-order valence-electron chi connectivity index (χ0n) is 9.91. The normalized spacial score (nSPS) is 37.4. The van der Waals surface area contributed by atoms with Crippen LogP contribution in [-0.2, 0) is 9.47 Å². The predicted octanol–water partition coefficient (Wildman–Crippen LogP) is -5.06. The van der Waals surface area contributed by atoms with E-state index < -0.39 is 37.3 Å². The molecule has 0 radical (unpaired) electrons.